The second-order valence-electron chi connectivity index (χ2n) is 23.2. The third-order valence-electron chi connectivity index (χ3n) is 15.4. The Morgan fingerprint density at radius 3 is 1.94 bits per heavy atom. The molecule has 2 aromatic heterocycles. The summed E-state index contributed by atoms with van der Waals surface area (Å²) in [6.07, 6.45) is 0.330. The molecule has 410 valence electrons. The van der Waals surface area contributed by atoms with Gasteiger partial charge in [-0.2, -0.15) is 15.2 Å². The van der Waals surface area contributed by atoms with Gasteiger partial charge in [-0.3, -0.25) is 10.2 Å². The second kappa shape index (κ2) is 21.4. The van der Waals surface area contributed by atoms with Crippen molar-refractivity contribution in [2.75, 3.05) is 62.6 Å². The molecular formula is C62H66F2N8O6S. The van der Waals surface area contributed by atoms with Gasteiger partial charge in [-0.1, -0.05) is 104 Å². The molecule has 7 aromatic rings. The van der Waals surface area contributed by atoms with Crippen molar-refractivity contribution in [3.63, 3.8) is 0 Å². The van der Waals surface area contributed by atoms with Crippen LogP contribution in [-0.2, 0) is 33.0 Å². The summed E-state index contributed by atoms with van der Waals surface area (Å²) in [7, 11) is 0. The number of thiophene rings is 1. The molecule has 0 radical (unpaired) electrons. The maximum atomic E-state index is 18.3. The van der Waals surface area contributed by atoms with Crippen LogP contribution in [0, 0.1) is 28.9 Å². The Balaban J connectivity index is 0.928. The molecule has 3 atom stereocenters. The van der Waals surface area contributed by atoms with Crippen LogP contribution in [0.5, 0.6) is 6.01 Å². The fourth-order valence-corrected chi connectivity index (χ4v) is 13.3. The van der Waals surface area contributed by atoms with Gasteiger partial charge >= 0.3 is 18.2 Å². The van der Waals surface area contributed by atoms with Crippen molar-refractivity contribution in [3.8, 4) is 23.2 Å². The van der Waals surface area contributed by atoms with Crippen molar-refractivity contribution in [1.29, 1.82) is 5.26 Å². The molecule has 2 unspecified atom stereocenters. The summed E-state index contributed by atoms with van der Waals surface area (Å²) in [6, 6.07) is 36.8. The molecular weight excluding hydrogens is 1020 g/mol. The Morgan fingerprint density at radius 1 is 0.785 bits per heavy atom. The molecule has 79 heavy (non-hydrogen) atoms. The standard InChI is InChI=1S/C62H66F2N8O6S/c1-38(32-69-27-29-71(30-28-69)62(39-17-11-8-12-18-39,40-19-13-9-14-20-40)41-21-15-10-16-22-41)35-76-57-66-53-51(55(67-57)72-42-23-24-43(72)34-70(33-42)59(74)78-61(5,6)7)47-37-75-36-46(47)49(52(53)64)44-25-26-48(63)54-50(44)45(31-65)56(79-54)68-58(73)77-60(2,3)4/h8-22,25-26,38,42-43H,23-24,27-30,32-37H2,1-7H3,(H,68,73)/t38-,42?,43?/m1/s1. The fourth-order valence-electron chi connectivity index (χ4n) is 12.3. The van der Waals surface area contributed by atoms with Crippen molar-refractivity contribution in [1.82, 2.24) is 24.7 Å². The van der Waals surface area contributed by atoms with Crippen LogP contribution in [-0.4, -0.2) is 113 Å². The van der Waals surface area contributed by atoms with Gasteiger partial charge in [0.15, 0.2) is 5.82 Å². The highest BCUT2D eigenvalue weighted by atomic mass is 32.1. The summed E-state index contributed by atoms with van der Waals surface area (Å²) < 4.78 is 58.4. The van der Waals surface area contributed by atoms with Gasteiger partial charge in [0.2, 0.25) is 0 Å². The van der Waals surface area contributed by atoms with Gasteiger partial charge in [0.05, 0.1) is 41.0 Å². The Kier molecular flexibility index (Phi) is 14.6. The van der Waals surface area contributed by atoms with Gasteiger partial charge in [0.25, 0.3) is 0 Å². The summed E-state index contributed by atoms with van der Waals surface area (Å²) in [5.74, 6) is -0.839. The molecule has 0 spiro atoms. The molecule has 6 heterocycles. The number of hydrogen-bond donors (Lipinski definition) is 1. The lowest BCUT2D eigenvalue weighted by Gasteiger charge is -2.49. The molecule has 2 amide bonds. The Labute approximate surface area is 463 Å². The zero-order valence-corrected chi connectivity index (χ0v) is 46.6. The van der Waals surface area contributed by atoms with E-state index >= 15 is 8.78 Å². The summed E-state index contributed by atoms with van der Waals surface area (Å²) in [6.45, 7) is 17.9. The highest BCUT2D eigenvalue weighted by Crippen LogP contribution is 2.50. The molecule has 4 aliphatic heterocycles. The third kappa shape index (κ3) is 10.4. The predicted molar refractivity (Wildman–Crippen MR) is 302 cm³/mol. The maximum Gasteiger partial charge on any atom is 0.412 e. The Hall–Kier alpha value is -7.23. The first-order valence-electron chi connectivity index (χ1n) is 27.2. The molecule has 0 saturated carbocycles. The zero-order valence-electron chi connectivity index (χ0n) is 45.8. The first-order chi connectivity index (χ1) is 37.9. The average molecular weight is 1090 g/mol. The number of halogens is 2. The quantitative estimate of drug-likeness (QED) is 0.116. The van der Waals surface area contributed by atoms with E-state index in [1.165, 1.54) is 28.8 Å². The number of carbonyl (C=O) groups is 2. The third-order valence-corrected chi connectivity index (χ3v) is 16.5. The van der Waals surface area contributed by atoms with Crippen LogP contribution in [0.3, 0.4) is 0 Å². The number of nitrogens with zero attached hydrogens (tertiary/aromatic N) is 7. The van der Waals surface area contributed by atoms with Crippen LogP contribution >= 0.6 is 11.3 Å². The van der Waals surface area contributed by atoms with Crippen LogP contribution in [0.2, 0.25) is 0 Å². The van der Waals surface area contributed by atoms with Crippen molar-refractivity contribution in [2.45, 2.75) is 103 Å². The zero-order chi connectivity index (χ0) is 55.4. The summed E-state index contributed by atoms with van der Waals surface area (Å²) in [5, 5.41) is 14.0. The number of nitriles is 1. The number of fused-ring (bicyclic) bond motifs is 6. The number of nitrogens with one attached hydrogen (secondary N) is 1. The number of piperazine rings is 2. The molecule has 0 aliphatic carbocycles. The van der Waals surface area contributed by atoms with E-state index in [-0.39, 0.29) is 87.2 Å². The molecule has 1 N–H and O–H groups in total. The van der Waals surface area contributed by atoms with Gasteiger partial charge in [-0.15, -0.1) is 11.3 Å². The highest BCUT2D eigenvalue weighted by Gasteiger charge is 2.46. The minimum absolute atomic E-state index is 0.00318. The minimum atomic E-state index is -0.843. The molecule has 5 aromatic carbocycles. The number of likely N-dealkylation sites (tertiary alicyclic amines) is 1. The summed E-state index contributed by atoms with van der Waals surface area (Å²) in [4.78, 5) is 45.6. The maximum absolute atomic E-state index is 18.3. The van der Waals surface area contributed by atoms with E-state index < -0.39 is 34.5 Å². The Morgan fingerprint density at radius 2 is 1.37 bits per heavy atom. The van der Waals surface area contributed by atoms with E-state index in [1.54, 1.807) is 25.7 Å². The highest BCUT2D eigenvalue weighted by molar-refractivity contribution is 7.23. The molecule has 4 aliphatic rings. The lowest BCUT2D eigenvalue weighted by Crippen LogP contribution is -2.57. The SMILES string of the molecule is C[C@@H](COc1nc(N2C3CCC2CN(C(=O)OC(C)(C)C)C3)c2c3c(c(-c4ccc(F)c5sc(NC(=O)OC(C)(C)C)c(C#N)c45)c(F)c2n1)COC3)CN1CCN(C(c2ccccc2)(c2ccccc2)c2ccccc2)CC1. The van der Waals surface area contributed by atoms with Gasteiger partial charge < -0.3 is 33.6 Å². The van der Waals surface area contributed by atoms with Gasteiger partial charge in [0.1, 0.15) is 39.4 Å². The minimum Gasteiger partial charge on any atom is -0.463 e. The van der Waals surface area contributed by atoms with Crippen molar-refractivity contribution in [2.24, 2.45) is 5.92 Å². The van der Waals surface area contributed by atoms with Gasteiger partial charge in [-0.05, 0) is 93.8 Å². The molecule has 17 heteroatoms. The van der Waals surface area contributed by atoms with Crippen molar-refractivity contribution >= 4 is 55.3 Å². The number of hydrogen-bond acceptors (Lipinski definition) is 13. The van der Waals surface area contributed by atoms with E-state index in [2.05, 4.69) is 124 Å². The number of carbonyl (C=O) groups excluding carboxylic acids is 2. The largest absolute Gasteiger partial charge is 0.463 e. The van der Waals surface area contributed by atoms with E-state index in [4.69, 9.17) is 28.9 Å². The number of amides is 2. The first-order valence-corrected chi connectivity index (χ1v) is 28.0. The Bertz CT molecular complexity index is 3350. The van der Waals surface area contributed by atoms with Crippen molar-refractivity contribution < 1.29 is 37.3 Å². The molecule has 2 bridgehead atoms. The number of rotatable bonds is 12. The normalized spacial score (nSPS) is 18.4. The first kappa shape index (κ1) is 53.8. The van der Waals surface area contributed by atoms with E-state index in [0.29, 0.717) is 35.4 Å². The molecule has 3 saturated heterocycles. The van der Waals surface area contributed by atoms with E-state index in [1.807, 2.05) is 20.8 Å². The summed E-state index contributed by atoms with van der Waals surface area (Å²) >= 11 is 0.878. The van der Waals surface area contributed by atoms with Crippen molar-refractivity contribution in [3.05, 3.63) is 148 Å². The van der Waals surface area contributed by atoms with Crippen LogP contribution in [0.4, 0.5) is 29.2 Å². The smallest absolute Gasteiger partial charge is 0.412 e. The monoisotopic (exact) mass is 1090 g/mol. The fraction of sp³-hybridized carbons (Fsp3) is 0.403. The van der Waals surface area contributed by atoms with Gasteiger partial charge in [-0.25, -0.2) is 18.4 Å². The second-order valence-corrected chi connectivity index (χ2v) is 24.2. The van der Waals surface area contributed by atoms with E-state index in [0.717, 1.165) is 56.9 Å². The molecule has 3 fully saturated rings. The van der Waals surface area contributed by atoms with Crippen LogP contribution in [0.1, 0.15) is 94.7 Å². The average Bonchev–Trinajstić information content (AvgIpc) is 4.32. The number of aromatic nitrogens is 2. The van der Waals surface area contributed by atoms with Crippen LogP contribution in [0.15, 0.2) is 103 Å². The van der Waals surface area contributed by atoms with Crippen LogP contribution in [0.25, 0.3) is 32.1 Å². The number of benzene rings is 5. The lowest BCUT2D eigenvalue weighted by molar-refractivity contribution is 0.0209. The lowest BCUT2D eigenvalue weighted by atomic mass is 9.75. The topological polar surface area (TPSA) is 146 Å². The van der Waals surface area contributed by atoms with Gasteiger partial charge in [0, 0.05) is 74.8 Å². The molecule has 14 nitrogen and oxygen atoms in total. The number of ether oxygens (including phenoxy) is 4. The predicted octanol–water partition coefficient (Wildman–Crippen LogP) is 12.3. The molecule has 11 rings (SSSR count). The summed E-state index contributed by atoms with van der Waals surface area (Å²) in [5.41, 5.74) is 3.12. The van der Waals surface area contributed by atoms with E-state index in [9.17, 15) is 14.9 Å². The number of anilines is 2. The van der Waals surface area contributed by atoms with Crippen LogP contribution < -0.4 is 15.0 Å².